The second-order valence-corrected chi connectivity index (χ2v) is 5.65. The summed E-state index contributed by atoms with van der Waals surface area (Å²) in [6.45, 7) is 4.13. The summed E-state index contributed by atoms with van der Waals surface area (Å²) in [6.07, 6.45) is 3.45. The molecular weight excluding hydrogens is 282 g/mol. The smallest absolute Gasteiger partial charge is 0.257 e. The molecule has 1 N–H and O–H groups in total. The lowest BCUT2D eigenvalue weighted by Gasteiger charge is -2.08. The molecule has 3 heteroatoms. The Hall–Kier alpha value is -1.80. The standard InChI is InChI=1S/C18H20ClNO/c1-3-4-5-14-7-9-15(10-8-14)20-18(21)16-11-6-13(2)12-17(16)19/h6-12H,3-5H2,1-2H3,(H,20,21). The SMILES string of the molecule is CCCCc1ccc(NC(=O)c2ccc(C)cc2Cl)cc1. The number of hydrogen-bond acceptors (Lipinski definition) is 1. The van der Waals surface area contributed by atoms with Crippen molar-refractivity contribution in [1.29, 1.82) is 0 Å². The molecule has 0 spiro atoms. The van der Waals surface area contributed by atoms with Crippen molar-refractivity contribution in [3.8, 4) is 0 Å². The van der Waals surface area contributed by atoms with E-state index in [0.717, 1.165) is 17.7 Å². The number of carbonyl (C=O) groups is 1. The van der Waals surface area contributed by atoms with E-state index in [4.69, 9.17) is 11.6 Å². The highest BCUT2D eigenvalue weighted by Crippen LogP contribution is 2.19. The first-order chi connectivity index (χ1) is 10.1. The van der Waals surface area contributed by atoms with Crippen LogP contribution in [0.4, 0.5) is 5.69 Å². The van der Waals surface area contributed by atoms with Gasteiger partial charge in [-0.05, 0) is 55.2 Å². The van der Waals surface area contributed by atoms with E-state index in [1.54, 1.807) is 12.1 Å². The van der Waals surface area contributed by atoms with Crippen LogP contribution in [0.2, 0.25) is 5.02 Å². The first kappa shape index (κ1) is 15.6. The van der Waals surface area contributed by atoms with Crippen molar-refractivity contribution in [3.63, 3.8) is 0 Å². The maximum absolute atomic E-state index is 12.2. The number of anilines is 1. The van der Waals surface area contributed by atoms with Gasteiger partial charge in [0.25, 0.3) is 5.91 Å². The minimum atomic E-state index is -0.179. The number of benzene rings is 2. The minimum Gasteiger partial charge on any atom is -0.322 e. The van der Waals surface area contributed by atoms with E-state index in [1.165, 1.54) is 18.4 Å². The summed E-state index contributed by atoms with van der Waals surface area (Å²) in [4.78, 5) is 12.2. The van der Waals surface area contributed by atoms with Crippen molar-refractivity contribution < 1.29 is 4.79 Å². The summed E-state index contributed by atoms with van der Waals surface area (Å²) in [5.74, 6) is -0.179. The first-order valence-corrected chi connectivity index (χ1v) is 7.64. The molecule has 110 valence electrons. The van der Waals surface area contributed by atoms with Gasteiger partial charge in [0.2, 0.25) is 0 Å². The summed E-state index contributed by atoms with van der Waals surface area (Å²) < 4.78 is 0. The fourth-order valence-electron chi connectivity index (χ4n) is 2.14. The van der Waals surface area contributed by atoms with Gasteiger partial charge >= 0.3 is 0 Å². The van der Waals surface area contributed by atoms with E-state index in [0.29, 0.717) is 10.6 Å². The van der Waals surface area contributed by atoms with Gasteiger partial charge in [0.1, 0.15) is 0 Å². The summed E-state index contributed by atoms with van der Waals surface area (Å²) in [6, 6.07) is 13.4. The highest BCUT2D eigenvalue weighted by Gasteiger charge is 2.10. The number of carbonyl (C=O) groups excluding carboxylic acids is 1. The first-order valence-electron chi connectivity index (χ1n) is 7.26. The average molecular weight is 302 g/mol. The summed E-state index contributed by atoms with van der Waals surface area (Å²) in [7, 11) is 0. The molecule has 0 heterocycles. The summed E-state index contributed by atoms with van der Waals surface area (Å²) in [5.41, 5.74) is 3.62. The molecule has 0 saturated heterocycles. The van der Waals surface area contributed by atoms with E-state index in [2.05, 4.69) is 24.4 Å². The second kappa shape index (κ2) is 7.28. The topological polar surface area (TPSA) is 29.1 Å². The molecule has 2 rings (SSSR count). The molecule has 0 aliphatic carbocycles. The lowest BCUT2D eigenvalue weighted by atomic mass is 10.1. The van der Waals surface area contributed by atoms with E-state index in [-0.39, 0.29) is 5.91 Å². The second-order valence-electron chi connectivity index (χ2n) is 5.24. The molecule has 0 radical (unpaired) electrons. The molecule has 2 aromatic carbocycles. The number of nitrogens with one attached hydrogen (secondary N) is 1. The Labute approximate surface area is 131 Å². The molecule has 0 bridgehead atoms. The van der Waals surface area contributed by atoms with Crippen LogP contribution in [0.15, 0.2) is 42.5 Å². The largest absolute Gasteiger partial charge is 0.322 e. The number of hydrogen-bond donors (Lipinski definition) is 1. The fourth-order valence-corrected chi connectivity index (χ4v) is 2.46. The van der Waals surface area contributed by atoms with E-state index < -0.39 is 0 Å². The Morgan fingerprint density at radius 2 is 1.86 bits per heavy atom. The van der Waals surface area contributed by atoms with E-state index >= 15 is 0 Å². The molecule has 0 aromatic heterocycles. The normalized spacial score (nSPS) is 10.4. The fraction of sp³-hybridized carbons (Fsp3) is 0.278. The van der Waals surface area contributed by atoms with Crippen molar-refractivity contribution in [2.24, 2.45) is 0 Å². The zero-order valence-electron chi connectivity index (χ0n) is 12.4. The number of aryl methyl sites for hydroxylation is 2. The minimum absolute atomic E-state index is 0.179. The molecule has 1 amide bonds. The van der Waals surface area contributed by atoms with Gasteiger partial charge in [-0.1, -0.05) is 43.1 Å². The molecule has 2 nitrogen and oxygen atoms in total. The number of halogens is 1. The van der Waals surface area contributed by atoms with Crippen LogP contribution in [0.5, 0.6) is 0 Å². The van der Waals surface area contributed by atoms with Crippen LogP contribution in [-0.4, -0.2) is 5.91 Å². The van der Waals surface area contributed by atoms with Gasteiger partial charge in [-0.25, -0.2) is 0 Å². The van der Waals surface area contributed by atoms with Gasteiger partial charge in [0.15, 0.2) is 0 Å². The van der Waals surface area contributed by atoms with E-state index in [9.17, 15) is 4.79 Å². The molecule has 0 fully saturated rings. The monoisotopic (exact) mass is 301 g/mol. The van der Waals surface area contributed by atoms with Gasteiger partial charge in [-0.3, -0.25) is 4.79 Å². The molecule has 21 heavy (non-hydrogen) atoms. The van der Waals surface area contributed by atoms with Crippen molar-refractivity contribution in [2.75, 3.05) is 5.32 Å². The lowest BCUT2D eigenvalue weighted by Crippen LogP contribution is -2.12. The van der Waals surface area contributed by atoms with Crippen molar-refractivity contribution in [1.82, 2.24) is 0 Å². The zero-order chi connectivity index (χ0) is 15.2. The van der Waals surface area contributed by atoms with Gasteiger partial charge in [0, 0.05) is 5.69 Å². The Morgan fingerprint density at radius 3 is 2.48 bits per heavy atom. The molecule has 0 aliphatic rings. The predicted octanol–water partition coefficient (Wildman–Crippen LogP) is 5.24. The van der Waals surface area contributed by atoms with Crippen molar-refractivity contribution in [3.05, 3.63) is 64.2 Å². The molecule has 0 aliphatic heterocycles. The maximum atomic E-state index is 12.2. The van der Waals surface area contributed by atoms with Crippen LogP contribution in [-0.2, 0) is 6.42 Å². The van der Waals surface area contributed by atoms with Gasteiger partial charge in [-0.2, -0.15) is 0 Å². The van der Waals surface area contributed by atoms with E-state index in [1.807, 2.05) is 25.1 Å². The van der Waals surface area contributed by atoms with Crippen LogP contribution >= 0.6 is 11.6 Å². The van der Waals surface area contributed by atoms with Crippen molar-refractivity contribution >= 4 is 23.2 Å². The number of amides is 1. The summed E-state index contributed by atoms with van der Waals surface area (Å²) >= 11 is 6.11. The van der Waals surface area contributed by atoms with Crippen LogP contribution in [0, 0.1) is 6.92 Å². The van der Waals surface area contributed by atoms with Crippen LogP contribution in [0.25, 0.3) is 0 Å². The lowest BCUT2D eigenvalue weighted by molar-refractivity contribution is 0.102. The maximum Gasteiger partial charge on any atom is 0.257 e. The van der Waals surface area contributed by atoms with Gasteiger partial charge in [-0.15, -0.1) is 0 Å². The summed E-state index contributed by atoms with van der Waals surface area (Å²) in [5, 5.41) is 3.36. The van der Waals surface area contributed by atoms with Crippen LogP contribution < -0.4 is 5.32 Å². The Balaban J connectivity index is 2.05. The van der Waals surface area contributed by atoms with Crippen molar-refractivity contribution in [2.45, 2.75) is 33.1 Å². The van der Waals surface area contributed by atoms with Gasteiger partial charge in [0.05, 0.1) is 10.6 Å². The zero-order valence-corrected chi connectivity index (χ0v) is 13.2. The highest BCUT2D eigenvalue weighted by molar-refractivity contribution is 6.34. The Bertz CT molecular complexity index is 620. The number of unbranched alkanes of at least 4 members (excludes halogenated alkanes) is 1. The molecular formula is C18H20ClNO. The third-order valence-electron chi connectivity index (χ3n) is 3.40. The molecule has 0 unspecified atom stereocenters. The third kappa shape index (κ3) is 4.33. The van der Waals surface area contributed by atoms with Crippen LogP contribution in [0.1, 0.15) is 41.3 Å². The highest BCUT2D eigenvalue weighted by atomic mass is 35.5. The predicted molar refractivity (Wildman–Crippen MR) is 89.2 cm³/mol. The third-order valence-corrected chi connectivity index (χ3v) is 3.71. The Morgan fingerprint density at radius 1 is 1.14 bits per heavy atom. The quantitative estimate of drug-likeness (QED) is 0.803. The Kier molecular flexibility index (Phi) is 5.40. The average Bonchev–Trinajstić information content (AvgIpc) is 2.46. The van der Waals surface area contributed by atoms with Crippen LogP contribution in [0.3, 0.4) is 0 Å². The molecule has 0 atom stereocenters. The number of rotatable bonds is 5. The molecule has 0 saturated carbocycles. The van der Waals surface area contributed by atoms with Gasteiger partial charge < -0.3 is 5.32 Å². The molecule has 2 aromatic rings.